The highest BCUT2D eigenvalue weighted by Gasteiger charge is 2.19. The Morgan fingerprint density at radius 2 is 2.24 bits per heavy atom. The third kappa shape index (κ3) is 2.62. The summed E-state index contributed by atoms with van der Waals surface area (Å²) in [5.41, 5.74) is 6.55. The topological polar surface area (TPSA) is 68.3 Å². The highest BCUT2D eigenvalue weighted by atomic mass is 35.5. The second kappa shape index (κ2) is 5.42. The van der Waals surface area contributed by atoms with Gasteiger partial charge in [0.1, 0.15) is 10.6 Å². The van der Waals surface area contributed by atoms with Crippen LogP contribution in [0.5, 0.6) is 0 Å². The van der Waals surface area contributed by atoms with Gasteiger partial charge in [0.25, 0.3) is 5.91 Å². The summed E-state index contributed by atoms with van der Waals surface area (Å²) in [6, 6.07) is 8.79. The number of carbonyl (C=O) groups is 1. The standard InChI is InChI=1S/C15H13ClN2O2S/c1-8(11-3-2-6-20-11)18-15(19)14-13(17)10-5-4-9(16)7-12(10)21-14/h2-8H,17H2,1H3,(H,18,19). The Morgan fingerprint density at radius 1 is 1.43 bits per heavy atom. The molecule has 1 unspecified atom stereocenters. The van der Waals surface area contributed by atoms with Gasteiger partial charge < -0.3 is 15.5 Å². The Hall–Kier alpha value is -1.98. The van der Waals surface area contributed by atoms with Gasteiger partial charge in [0, 0.05) is 15.1 Å². The van der Waals surface area contributed by atoms with Gasteiger partial charge in [-0.2, -0.15) is 0 Å². The molecule has 0 aliphatic rings. The van der Waals surface area contributed by atoms with Gasteiger partial charge in [0.05, 0.1) is 18.0 Å². The number of rotatable bonds is 3. The number of hydrogen-bond donors (Lipinski definition) is 2. The molecule has 0 bridgehead atoms. The van der Waals surface area contributed by atoms with Crippen LogP contribution in [0.3, 0.4) is 0 Å². The molecule has 0 fully saturated rings. The minimum atomic E-state index is -0.222. The summed E-state index contributed by atoms with van der Waals surface area (Å²) < 4.78 is 6.18. The van der Waals surface area contributed by atoms with Crippen LogP contribution in [0.1, 0.15) is 28.4 Å². The SMILES string of the molecule is CC(NC(=O)c1sc2cc(Cl)ccc2c1N)c1ccco1. The number of hydrogen-bond acceptors (Lipinski definition) is 4. The molecule has 0 saturated heterocycles. The maximum absolute atomic E-state index is 12.4. The molecule has 0 aliphatic heterocycles. The fourth-order valence-electron chi connectivity index (χ4n) is 2.13. The maximum Gasteiger partial charge on any atom is 0.264 e. The first-order valence-electron chi connectivity index (χ1n) is 6.38. The van der Waals surface area contributed by atoms with Crippen LogP contribution < -0.4 is 11.1 Å². The van der Waals surface area contributed by atoms with Gasteiger partial charge in [-0.1, -0.05) is 11.6 Å². The van der Waals surface area contributed by atoms with Crippen LogP contribution in [0.25, 0.3) is 10.1 Å². The quantitative estimate of drug-likeness (QED) is 0.759. The maximum atomic E-state index is 12.4. The zero-order valence-electron chi connectivity index (χ0n) is 11.2. The van der Waals surface area contributed by atoms with Gasteiger partial charge in [-0.3, -0.25) is 4.79 Å². The molecule has 1 aromatic carbocycles. The molecule has 0 spiro atoms. The van der Waals surface area contributed by atoms with Crippen LogP contribution in [0, 0.1) is 0 Å². The lowest BCUT2D eigenvalue weighted by Gasteiger charge is -2.10. The van der Waals surface area contributed by atoms with Gasteiger partial charge in [-0.15, -0.1) is 11.3 Å². The third-order valence-corrected chi connectivity index (χ3v) is 4.62. The molecule has 3 rings (SSSR count). The van der Waals surface area contributed by atoms with E-state index in [1.165, 1.54) is 11.3 Å². The van der Waals surface area contributed by atoms with Crippen molar-refractivity contribution in [1.29, 1.82) is 0 Å². The first-order valence-corrected chi connectivity index (χ1v) is 7.57. The van der Waals surface area contributed by atoms with E-state index < -0.39 is 0 Å². The Kier molecular flexibility index (Phi) is 3.61. The molecule has 1 amide bonds. The van der Waals surface area contributed by atoms with E-state index in [1.54, 1.807) is 18.4 Å². The molecule has 21 heavy (non-hydrogen) atoms. The lowest BCUT2D eigenvalue weighted by atomic mass is 10.2. The van der Waals surface area contributed by atoms with Crippen molar-refractivity contribution in [2.75, 3.05) is 5.73 Å². The van der Waals surface area contributed by atoms with Gasteiger partial charge >= 0.3 is 0 Å². The monoisotopic (exact) mass is 320 g/mol. The molecule has 0 aliphatic carbocycles. The molecule has 0 saturated carbocycles. The van der Waals surface area contributed by atoms with Crippen LogP contribution in [0.2, 0.25) is 5.02 Å². The first kappa shape index (κ1) is 14.0. The molecule has 2 aromatic heterocycles. The van der Waals surface area contributed by atoms with Crippen molar-refractivity contribution in [3.63, 3.8) is 0 Å². The molecule has 0 radical (unpaired) electrons. The number of benzene rings is 1. The average molecular weight is 321 g/mol. The van der Waals surface area contributed by atoms with Crippen molar-refractivity contribution in [1.82, 2.24) is 5.32 Å². The Balaban J connectivity index is 1.89. The molecular weight excluding hydrogens is 308 g/mol. The second-order valence-corrected chi connectivity index (χ2v) is 6.18. The summed E-state index contributed by atoms with van der Waals surface area (Å²) in [6.45, 7) is 1.86. The first-order chi connectivity index (χ1) is 10.1. The fraction of sp³-hybridized carbons (Fsp3) is 0.133. The number of anilines is 1. The van der Waals surface area contributed by atoms with E-state index in [4.69, 9.17) is 21.8 Å². The van der Waals surface area contributed by atoms with E-state index in [9.17, 15) is 4.79 Å². The van der Waals surface area contributed by atoms with Crippen LogP contribution in [-0.2, 0) is 0 Å². The molecule has 6 heteroatoms. The van der Waals surface area contributed by atoms with Gasteiger partial charge in [-0.05, 0) is 37.3 Å². The Bertz CT molecular complexity index is 795. The fourth-order valence-corrected chi connectivity index (χ4v) is 3.43. The lowest BCUT2D eigenvalue weighted by molar-refractivity contribution is 0.0940. The van der Waals surface area contributed by atoms with E-state index >= 15 is 0 Å². The highest BCUT2D eigenvalue weighted by Crippen LogP contribution is 2.35. The van der Waals surface area contributed by atoms with Gasteiger partial charge in [-0.25, -0.2) is 0 Å². The van der Waals surface area contributed by atoms with Gasteiger partial charge in [0.15, 0.2) is 0 Å². The summed E-state index contributed by atoms with van der Waals surface area (Å²) in [5, 5.41) is 4.35. The molecule has 3 N–H and O–H groups in total. The number of furan rings is 1. The molecule has 3 aromatic rings. The summed E-state index contributed by atoms with van der Waals surface area (Å²) in [4.78, 5) is 12.9. The van der Waals surface area contributed by atoms with Crippen LogP contribution in [0.4, 0.5) is 5.69 Å². The Labute approximate surface area is 130 Å². The normalized spacial score (nSPS) is 12.5. The smallest absolute Gasteiger partial charge is 0.264 e. The van der Waals surface area contributed by atoms with Crippen molar-refractivity contribution in [2.24, 2.45) is 0 Å². The number of nitrogen functional groups attached to an aromatic ring is 1. The zero-order chi connectivity index (χ0) is 15.0. The number of fused-ring (bicyclic) bond motifs is 1. The van der Waals surface area contributed by atoms with Crippen molar-refractivity contribution < 1.29 is 9.21 Å². The number of thiophene rings is 1. The molecule has 108 valence electrons. The van der Waals surface area contributed by atoms with E-state index in [1.807, 2.05) is 25.1 Å². The molecular formula is C15H13ClN2O2S. The minimum absolute atomic E-state index is 0.214. The van der Waals surface area contributed by atoms with Crippen LogP contribution in [0.15, 0.2) is 41.0 Å². The number of amides is 1. The average Bonchev–Trinajstić information content (AvgIpc) is 3.07. The number of nitrogens with one attached hydrogen (secondary N) is 1. The van der Waals surface area contributed by atoms with Crippen LogP contribution >= 0.6 is 22.9 Å². The van der Waals surface area contributed by atoms with E-state index in [0.29, 0.717) is 21.3 Å². The zero-order valence-corrected chi connectivity index (χ0v) is 12.8. The third-order valence-electron chi connectivity index (χ3n) is 3.21. The number of halogens is 1. The number of carbonyl (C=O) groups excluding carboxylic acids is 1. The predicted octanol–water partition coefficient (Wildman–Crippen LogP) is 4.22. The van der Waals surface area contributed by atoms with E-state index in [-0.39, 0.29) is 11.9 Å². The molecule has 2 heterocycles. The largest absolute Gasteiger partial charge is 0.467 e. The van der Waals surface area contributed by atoms with Crippen LogP contribution in [-0.4, -0.2) is 5.91 Å². The van der Waals surface area contributed by atoms with Crippen molar-refractivity contribution in [3.8, 4) is 0 Å². The summed E-state index contributed by atoms with van der Waals surface area (Å²) in [7, 11) is 0. The molecule has 1 atom stereocenters. The molecule has 4 nitrogen and oxygen atoms in total. The van der Waals surface area contributed by atoms with Crippen molar-refractivity contribution in [2.45, 2.75) is 13.0 Å². The van der Waals surface area contributed by atoms with Crippen molar-refractivity contribution >= 4 is 44.6 Å². The summed E-state index contributed by atoms with van der Waals surface area (Å²) in [5.74, 6) is 0.486. The van der Waals surface area contributed by atoms with Gasteiger partial charge in [0.2, 0.25) is 0 Å². The van der Waals surface area contributed by atoms with E-state index in [2.05, 4.69) is 5.32 Å². The lowest BCUT2D eigenvalue weighted by Crippen LogP contribution is -2.26. The number of nitrogens with two attached hydrogens (primary N) is 1. The highest BCUT2D eigenvalue weighted by molar-refractivity contribution is 7.21. The summed E-state index contributed by atoms with van der Waals surface area (Å²) in [6.07, 6.45) is 1.58. The predicted molar refractivity (Wildman–Crippen MR) is 85.8 cm³/mol. The Morgan fingerprint density at radius 3 is 2.95 bits per heavy atom. The van der Waals surface area contributed by atoms with E-state index in [0.717, 1.165) is 10.1 Å². The summed E-state index contributed by atoms with van der Waals surface area (Å²) >= 11 is 7.30. The minimum Gasteiger partial charge on any atom is -0.467 e. The van der Waals surface area contributed by atoms with Crippen molar-refractivity contribution in [3.05, 3.63) is 52.3 Å². The second-order valence-electron chi connectivity index (χ2n) is 4.70.